The summed E-state index contributed by atoms with van der Waals surface area (Å²) in [7, 11) is 0. The van der Waals surface area contributed by atoms with Crippen LogP contribution in [0.25, 0.3) is 53.8 Å². The molecular weight excluding hydrogens is 1750 g/mol. The van der Waals surface area contributed by atoms with Crippen LogP contribution in [0.15, 0.2) is 111 Å². The number of carbonyl (C=O) groups excluding carboxylic acids is 2. The van der Waals surface area contributed by atoms with Crippen molar-refractivity contribution in [1.82, 2.24) is 4.90 Å². The van der Waals surface area contributed by atoms with Gasteiger partial charge in [0.15, 0.2) is 29.5 Å². The molecule has 22 unspecified atom stereocenters. The van der Waals surface area contributed by atoms with Gasteiger partial charge in [0.25, 0.3) is 19.3 Å². The third kappa shape index (κ3) is 23.0. The number of nitrogens with one attached hydrogen (secondary N) is 1. The number of alkyl halides is 7. The second-order valence-electron chi connectivity index (χ2n) is 29.4. The molecule has 1 aliphatic carbocycles. The maximum Gasteiger partial charge on any atom is 0.336 e. The average Bonchev–Trinajstić information content (AvgIpc) is 1.54. The molecule has 12 rings (SSSR count). The Hall–Kier alpha value is -11.9. The van der Waals surface area contributed by atoms with Gasteiger partial charge in [0.1, 0.15) is 119 Å². The highest BCUT2D eigenvalue weighted by Crippen LogP contribution is 2.47. The zero-order valence-corrected chi connectivity index (χ0v) is 68.2. The zero-order valence-electron chi connectivity index (χ0n) is 68.2. The van der Waals surface area contributed by atoms with E-state index < -0.39 is 240 Å². The molecule has 50 heteroatoms. The number of ether oxygens (including phenoxy) is 6. The van der Waals surface area contributed by atoms with E-state index in [1.165, 1.54) is 54.3 Å². The Kier molecular flexibility index (Phi) is 35.2. The molecule has 4 saturated heterocycles. The summed E-state index contributed by atoms with van der Waals surface area (Å²) >= 11 is 0. The molecule has 704 valence electrons. The predicted molar refractivity (Wildman–Crippen MR) is 420 cm³/mol. The van der Waals surface area contributed by atoms with E-state index in [4.69, 9.17) is 68.1 Å². The second-order valence-corrected chi connectivity index (χ2v) is 29.4. The van der Waals surface area contributed by atoms with E-state index in [1.54, 1.807) is 6.92 Å². The number of carbonyl (C=O) groups is 6. The normalized spacial score (nSPS) is 26.5. The lowest BCUT2D eigenvalue weighted by molar-refractivity contribution is -0.271. The molecule has 2 amide bonds. The van der Waals surface area contributed by atoms with Crippen LogP contribution in [0.4, 0.5) is 36.4 Å². The van der Waals surface area contributed by atoms with E-state index in [1.807, 2.05) is 27.7 Å². The number of aryl methyl sites for hydroxylation is 1. The molecule has 43 nitrogen and oxygen atoms in total. The highest BCUT2D eigenvalue weighted by molar-refractivity contribution is 5.93. The van der Waals surface area contributed by atoms with Gasteiger partial charge in [0.2, 0.25) is 30.7 Å². The van der Waals surface area contributed by atoms with Crippen molar-refractivity contribution in [3.05, 3.63) is 164 Å². The molecule has 0 spiro atoms. The van der Waals surface area contributed by atoms with E-state index in [0.717, 1.165) is 30.3 Å². The third-order valence-electron chi connectivity index (χ3n) is 21.4. The van der Waals surface area contributed by atoms with E-state index >= 15 is 0 Å². The Balaban J connectivity index is 0.000000202. The summed E-state index contributed by atoms with van der Waals surface area (Å²) in [6, 6.07) is 12.8. The van der Waals surface area contributed by atoms with Crippen molar-refractivity contribution >= 4 is 74.3 Å². The van der Waals surface area contributed by atoms with Crippen LogP contribution < -0.4 is 36.4 Å². The minimum Gasteiger partial charge on any atom is -0.507 e. The fraction of sp³-hybridized carbons (Fsp3) is 0.506. The van der Waals surface area contributed by atoms with Crippen LogP contribution in [0, 0.1) is 17.8 Å². The number of hydrogen-bond acceptors (Lipinski definition) is 33. The topological polar surface area (TPSA) is 705 Å². The highest BCUT2D eigenvalue weighted by atomic mass is 19.3. The van der Waals surface area contributed by atoms with E-state index in [0.29, 0.717) is 48.6 Å². The molecule has 1 saturated carbocycles. The number of halogens is 7. The van der Waals surface area contributed by atoms with Crippen molar-refractivity contribution < 1.29 is 188 Å². The number of aliphatic carboxylic acids is 4. The number of anilines is 1. The number of carboxylic acid groups (broad SMARTS) is 4. The number of aromatic hydroxyl groups is 1. The molecule has 5 fully saturated rings. The number of nitrogens with zero attached hydrogens (tertiary/aromatic N) is 7. The van der Waals surface area contributed by atoms with E-state index in [9.17, 15) is 145 Å². The van der Waals surface area contributed by atoms with Gasteiger partial charge in [-0.25, -0.2) is 59.5 Å². The van der Waals surface area contributed by atoms with Gasteiger partial charge < -0.3 is 139 Å². The van der Waals surface area contributed by atoms with Gasteiger partial charge >= 0.3 is 40.8 Å². The highest BCUT2D eigenvalue weighted by Gasteiger charge is 2.68. The molecule has 3 aromatic heterocycles. The Morgan fingerprint density at radius 1 is 0.450 bits per heavy atom. The van der Waals surface area contributed by atoms with Gasteiger partial charge in [-0.05, 0) is 121 Å². The zero-order chi connectivity index (χ0) is 96.1. The van der Waals surface area contributed by atoms with Crippen LogP contribution in [0.3, 0.4) is 0 Å². The molecule has 129 heavy (non-hydrogen) atoms. The minimum atomic E-state index is -3.26. The lowest BCUT2D eigenvalue weighted by Gasteiger charge is -2.38. The minimum absolute atomic E-state index is 0.0226. The van der Waals surface area contributed by atoms with Gasteiger partial charge in [-0.1, -0.05) is 44.8 Å². The number of amides is 2. The van der Waals surface area contributed by atoms with E-state index in [-0.39, 0.29) is 75.7 Å². The maximum atomic E-state index is 13.9. The van der Waals surface area contributed by atoms with Crippen LogP contribution in [0.5, 0.6) is 23.0 Å². The van der Waals surface area contributed by atoms with Gasteiger partial charge in [-0.3, -0.25) is 14.4 Å². The molecule has 0 radical (unpaired) electrons. The van der Waals surface area contributed by atoms with Gasteiger partial charge in [0, 0.05) is 61.7 Å². The number of aliphatic hydroxyl groups excluding tert-OH is 12. The van der Waals surface area contributed by atoms with Gasteiger partial charge in [-0.15, -0.1) is 0 Å². The predicted octanol–water partition coefficient (Wildman–Crippen LogP) is 4.78. The summed E-state index contributed by atoms with van der Waals surface area (Å²) in [4.78, 5) is 111. The fourth-order valence-electron chi connectivity index (χ4n) is 14.6. The molecule has 4 aromatic carbocycles. The molecular formula is C79H89F7N8O35. The summed E-state index contributed by atoms with van der Waals surface area (Å²) in [5.41, 5.74) is 11.9. The number of phenols is 1. The number of carboxylic acids is 4. The molecule has 7 heterocycles. The Labute approximate surface area is 719 Å². The monoisotopic (exact) mass is 1840 g/mol. The van der Waals surface area contributed by atoms with Crippen molar-refractivity contribution in [2.75, 3.05) is 5.32 Å². The summed E-state index contributed by atoms with van der Waals surface area (Å²) in [6.07, 6.45) is -41.7. The van der Waals surface area contributed by atoms with Crippen LogP contribution in [-0.4, -0.2) is 250 Å². The lowest BCUT2D eigenvalue weighted by atomic mass is 9.83. The molecule has 5 aliphatic rings. The third-order valence-corrected chi connectivity index (χ3v) is 21.4. The summed E-state index contributed by atoms with van der Waals surface area (Å²) in [5, 5.41) is 174. The molecule has 0 bridgehead atoms. The van der Waals surface area contributed by atoms with Crippen LogP contribution in [0.1, 0.15) is 132 Å². The number of fused-ring (bicyclic) bond motifs is 4. The number of rotatable bonds is 26. The van der Waals surface area contributed by atoms with Crippen LogP contribution in [0.2, 0.25) is 0 Å². The first-order valence-electron chi connectivity index (χ1n) is 39.1. The Morgan fingerprint density at radius 3 is 1.17 bits per heavy atom. The molecule has 22 atom stereocenters. The molecule has 18 N–H and O–H groups in total. The van der Waals surface area contributed by atoms with Crippen LogP contribution >= 0.6 is 0 Å². The molecule has 7 aromatic rings. The smallest absolute Gasteiger partial charge is 0.336 e. The fourth-order valence-corrected chi connectivity index (χ4v) is 14.6. The first-order chi connectivity index (χ1) is 60.8. The maximum absolute atomic E-state index is 13.9. The standard InChI is InChI=1S/C19H25F2NO8.C18H18F2O9.C17H15F2N3O9.C13H21NO6.C12H10FN3O3/c1-3-8(4-2)17(26)22-9-5-6-11(10(7-9)16(20)21)29-19-14(25)12(23)13(24)15(30-19)18(27)28;1-2-6-5-9(21)28-14-7(6)3-4-8(10(14)16(19)20)27-18-13(24)11(22)12(23)15(29-18)17(25)26;18-15(19)9-7(29-17-12(26)10(24)11(25)14(31-17)16(27)28)2-1-6-5(4-21-22-20)3-8(23)30-13(6)9;1-3-5(4-2)12(18)14-7-6(13(19)20)9(15)11(17)10(16)8(7)14;1-6(13)11-9(17)3-2-8-7(5-15-16-14)4-10(18)19-12(8)11/h5-8,12-16,19,23-25H,3-4H2,1-2H3,(H,22,26)(H,27,28);3-5,11-13,15-16,18,22-24H,2H2,1H3,(H,25,26);1-3,10-12,14-15,17,24-26H,4H2,(H,27,28);5-11,15-17H,3-4H2,1-2H3,(H,19,20);2-4,6,17H,5H2,1H3. The van der Waals surface area contributed by atoms with E-state index in [2.05, 4.69) is 25.4 Å². The van der Waals surface area contributed by atoms with Crippen molar-refractivity contribution in [3.8, 4) is 23.0 Å². The number of benzene rings is 4. The average molecular weight is 1840 g/mol. The number of likely N-dealkylation sites (tertiary alicyclic amines) is 1. The van der Waals surface area contributed by atoms with Gasteiger partial charge in [0.05, 0.1) is 42.4 Å². The number of phenolic OH excluding ortho intramolecular Hbond substituents is 1. The van der Waals surface area contributed by atoms with Crippen molar-refractivity contribution in [3.63, 3.8) is 0 Å². The van der Waals surface area contributed by atoms with Crippen LogP contribution in [-0.2, 0) is 62.5 Å². The summed E-state index contributed by atoms with van der Waals surface area (Å²) < 4.78 is 141. The van der Waals surface area contributed by atoms with Crippen molar-refractivity contribution in [2.24, 2.45) is 28.0 Å². The van der Waals surface area contributed by atoms with Crippen molar-refractivity contribution in [2.45, 2.75) is 235 Å². The van der Waals surface area contributed by atoms with Gasteiger partial charge in [-0.2, -0.15) is 0 Å². The van der Waals surface area contributed by atoms with Crippen molar-refractivity contribution in [1.29, 1.82) is 0 Å². The molecule has 4 aliphatic heterocycles. The first-order valence-corrected chi connectivity index (χ1v) is 39.1. The number of hydrogen-bond donors (Lipinski definition) is 18. The quantitative estimate of drug-likeness (QED) is 0.00865. The largest absolute Gasteiger partial charge is 0.507 e. The SMILES string of the molecule is CC(F)c1c(O)ccc2c(CN=[N+]=[N-])cc(=O)oc12.CCC(CC)C(=O)N1C2C(O)C(O)C(O)C(C(=O)O)C21.CCC(CC)C(=O)Nc1ccc(OC2OC(C(=O)O)C(O)C(O)C2O)c(C(F)F)c1.CCc1cc(=O)oc2c(C(F)F)c(OC3OC(C(=O)O)C(O)C(O)C3O)ccc12.[N-]=[N+]=NCc1cc(=O)oc2c(C(F)F)c(OC3OC(C(=O)O)C(O)C(O)C3O)ccc12. The lowest BCUT2D eigenvalue weighted by Crippen LogP contribution is -2.61. The Morgan fingerprint density at radius 2 is 0.814 bits per heavy atom. The summed E-state index contributed by atoms with van der Waals surface area (Å²) in [6.45, 7) is 9.99. The number of aliphatic hydroxyl groups is 12. The number of azide groups is 2. The summed E-state index contributed by atoms with van der Waals surface area (Å²) in [5.74, 6) is -10.4. The second kappa shape index (κ2) is 44.4. The first kappa shape index (κ1) is 102. The Bertz CT molecular complexity index is 5480.